The molecule has 0 aliphatic carbocycles. The van der Waals surface area contributed by atoms with Gasteiger partial charge in [0.1, 0.15) is 11.6 Å². The van der Waals surface area contributed by atoms with Crippen LogP contribution >= 0.6 is 0 Å². The summed E-state index contributed by atoms with van der Waals surface area (Å²) in [5.74, 6) is 1.85. The van der Waals surface area contributed by atoms with Crippen LogP contribution in [0.5, 0.6) is 5.75 Å². The minimum atomic E-state index is 0.812. The van der Waals surface area contributed by atoms with Gasteiger partial charge in [-0.15, -0.1) is 0 Å². The Balaban J connectivity index is 1.77. The molecule has 1 aromatic carbocycles. The van der Waals surface area contributed by atoms with Crippen LogP contribution in [0.4, 0.5) is 0 Å². The lowest BCUT2D eigenvalue weighted by Crippen LogP contribution is -2.37. The van der Waals surface area contributed by atoms with Gasteiger partial charge in [0.2, 0.25) is 0 Å². The van der Waals surface area contributed by atoms with Gasteiger partial charge in [0.15, 0.2) is 0 Å². The largest absolute Gasteiger partial charge is 0.497 e. The van der Waals surface area contributed by atoms with Crippen LogP contribution < -0.4 is 4.74 Å². The fourth-order valence-electron chi connectivity index (χ4n) is 2.38. The maximum atomic E-state index is 5.38. The van der Waals surface area contributed by atoms with Crippen molar-refractivity contribution >= 4 is 0 Å². The number of rotatable bonds is 4. The van der Waals surface area contributed by atoms with E-state index in [-0.39, 0.29) is 0 Å². The van der Waals surface area contributed by atoms with E-state index in [1.54, 1.807) is 7.11 Å². The summed E-state index contributed by atoms with van der Waals surface area (Å²) in [5.41, 5.74) is 1.10. The lowest BCUT2D eigenvalue weighted by Gasteiger charge is -2.27. The third kappa shape index (κ3) is 2.84. The first-order valence-electron chi connectivity index (χ1n) is 6.82. The molecule has 2 heterocycles. The zero-order chi connectivity index (χ0) is 13.8. The molecule has 0 N–H and O–H groups in total. The number of nitrogens with zero attached hydrogens (tertiary/aromatic N) is 3. The van der Waals surface area contributed by atoms with Crippen molar-refractivity contribution in [3.63, 3.8) is 0 Å². The topological polar surface area (TPSA) is 39.5 Å². The number of benzene rings is 1. The molecule has 1 saturated heterocycles. The molecule has 1 aromatic heterocycles. The third-order valence-corrected chi connectivity index (χ3v) is 3.52. The van der Waals surface area contributed by atoms with Gasteiger partial charge >= 0.3 is 0 Å². The van der Waals surface area contributed by atoms with Crippen molar-refractivity contribution in [2.24, 2.45) is 0 Å². The molecular weight excluding hydrogens is 254 g/mol. The van der Waals surface area contributed by atoms with Gasteiger partial charge in [-0.1, -0.05) is 0 Å². The average Bonchev–Trinajstić information content (AvgIpc) is 2.96. The zero-order valence-electron chi connectivity index (χ0n) is 11.7. The summed E-state index contributed by atoms with van der Waals surface area (Å²) in [6, 6.07) is 8.00. The molecule has 1 aliphatic rings. The van der Waals surface area contributed by atoms with Gasteiger partial charge in [0, 0.05) is 31.0 Å². The highest BCUT2D eigenvalue weighted by Gasteiger charge is 2.13. The second-order valence-corrected chi connectivity index (χ2v) is 4.82. The van der Waals surface area contributed by atoms with Crippen LogP contribution in [0.3, 0.4) is 0 Å². The summed E-state index contributed by atoms with van der Waals surface area (Å²) >= 11 is 0. The predicted molar refractivity (Wildman–Crippen MR) is 76.6 cm³/mol. The second kappa shape index (κ2) is 6.07. The van der Waals surface area contributed by atoms with Gasteiger partial charge in [-0.2, -0.15) is 0 Å². The molecule has 5 nitrogen and oxygen atoms in total. The maximum absolute atomic E-state index is 5.38. The Morgan fingerprint density at radius 1 is 1.20 bits per heavy atom. The summed E-state index contributed by atoms with van der Waals surface area (Å²) in [5, 5.41) is 0. The molecule has 0 unspecified atom stereocenters. The van der Waals surface area contributed by atoms with Crippen molar-refractivity contribution in [3.05, 3.63) is 36.7 Å². The number of methoxy groups -OCH3 is 1. The van der Waals surface area contributed by atoms with Crippen molar-refractivity contribution in [1.82, 2.24) is 14.5 Å². The number of imidazole rings is 1. The van der Waals surface area contributed by atoms with E-state index in [0.717, 1.165) is 50.1 Å². The Hall–Kier alpha value is -1.85. The Bertz CT molecular complexity index is 545. The molecule has 0 amide bonds. The quantitative estimate of drug-likeness (QED) is 0.852. The molecule has 0 saturated carbocycles. The van der Waals surface area contributed by atoms with E-state index in [9.17, 15) is 0 Å². The van der Waals surface area contributed by atoms with E-state index in [2.05, 4.69) is 14.5 Å². The summed E-state index contributed by atoms with van der Waals surface area (Å²) in [6.45, 7) is 4.42. The predicted octanol–water partition coefficient (Wildman–Crippen LogP) is 1.85. The van der Waals surface area contributed by atoms with Crippen molar-refractivity contribution in [2.45, 2.75) is 6.67 Å². The van der Waals surface area contributed by atoms with Crippen LogP contribution in [-0.4, -0.2) is 47.9 Å². The van der Waals surface area contributed by atoms with Gasteiger partial charge in [-0.3, -0.25) is 4.90 Å². The summed E-state index contributed by atoms with van der Waals surface area (Å²) < 4.78 is 12.7. The Kier molecular flexibility index (Phi) is 3.99. The molecule has 1 aliphatic heterocycles. The van der Waals surface area contributed by atoms with Crippen LogP contribution in [0.15, 0.2) is 36.7 Å². The SMILES string of the molecule is COc1ccc(-c2nccn2CN2CCOCC2)cc1. The second-order valence-electron chi connectivity index (χ2n) is 4.82. The Labute approximate surface area is 118 Å². The van der Waals surface area contributed by atoms with E-state index >= 15 is 0 Å². The summed E-state index contributed by atoms with van der Waals surface area (Å²) in [6.07, 6.45) is 3.87. The van der Waals surface area contributed by atoms with Crippen LogP contribution in [0, 0.1) is 0 Å². The number of aromatic nitrogens is 2. The highest BCUT2D eigenvalue weighted by molar-refractivity contribution is 5.56. The number of ether oxygens (including phenoxy) is 2. The molecule has 1 fully saturated rings. The van der Waals surface area contributed by atoms with Gasteiger partial charge in [0.05, 0.1) is 27.0 Å². The standard InChI is InChI=1S/C15H19N3O2/c1-19-14-4-2-13(3-5-14)15-16-6-7-18(15)12-17-8-10-20-11-9-17/h2-7H,8-12H2,1H3. The maximum Gasteiger partial charge on any atom is 0.140 e. The summed E-state index contributed by atoms with van der Waals surface area (Å²) in [4.78, 5) is 6.84. The van der Waals surface area contributed by atoms with Crippen molar-refractivity contribution < 1.29 is 9.47 Å². The van der Waals surface area contributed by atoms with E-state index in [4.69, 9.17) is 9.47 Å². The highest BCUT2D eigenvalue weighted by atomic mass is 16.5. The van der Waals surface area contributed by atoms with Crippen molar-refractivity contribution in [1.29, 1.82) is 0 Å². The smallest absolute Gasteiger partial charge is 0.140 e. The molecule has 5 heteroatoms. The first-order valence-corrected chi connectivity index (χ1v) is 6.82. The molecule has 0 spiro atoms. The molecule has 0 radical (unpaired) electrons. The molecule has 2 aromatic rings. The average molecular weight is 273 g/mol. The Morgan fingerprint density at radius 3 is 2.65 bits per heavy atom. The molecule has 0 atom stereocenters. The lowest BCUT2D eigenvalue weighted by molar-refractivity contribution is 0.0237. The molecule has 3 rings (SSSR count). The van der Waals surface area contributed by atoms with Crippen molar-refractivity contribution in [2.75, 3.05) is 33.4 Å². The summed E-state index contributed by atoms with van der Waals surface area (Å²) in [7, 11) is 1.67. The zero-order valence-corrected chi connectivity index (χ0v) is 11.7. The number of morpholine rings is 1. The fraction of sp³-hybridized carbons (Fsp3) is 0.400. The normalized spacial score (nSPS) is 16.2. The fourth-order valence-corrected chi connectivity index (χ4v) is 2.38. The van der Waals surface area contributed by atoms with Crippen LogP contribution in [0.2, 0.25) is 0 Å². The van der Waals surface area contributed by atoms with Crippen molar-refractivity contribution in [3.8, 4) is 17.1 Å². The first-order chi connectivity index (χ1) is 9.86. The van der Waals surface area contributed by atoms with Gasteiger partial charge in [-0.05, 0) is 24.3 Å². The monoisotopic (exact) mass is 273 g/mol. The lowest BCUT2D eigenvalue weighted by atomic mass is 10.2. The highest BCUT2D eigenvalue weighted by Crippen LogP contribution is 2.21. The van der Waals surface area contributed by atoms with Gasteiger partial charge in [-0.25, -0.2) is 4.98 Å². The van der Waals surface area contributed by atoms with Crippen LogP contribution in [-0.2, 0) is 11.4 Å². The number of hydrogen-bond acceptors (Lipinski definition) is 4. The van der Waals surface area contributed by atoms with Crippen LogP contribution in [0.25, 0.3) is 11.4 Å². The first kappa shape index (κ1) is 13.1. The van der Waals surface area contributed by atoms with Gasteiger partial charge in [0.25, 0.3) is 0 Å². The van der Waals surface area contributed by atoms with E-state index in [0.29, 0.717) is 0 Å². The molecule has 0 bridgehead atoms. The third-order valence-electron chi connectivity index (χ3n) is 3.52. The van der Waals surface area contributed by atoms with E-state index in [1.807, 2.05) is 36.7 Å². The van der Waals surface area contributed by atoms with E-state index in [1.165, 1.54) is 0 Å². The molecule has 106 valence electrons. The molecule has 20 heavy (non-hydrogen) atoms. The Morgan fingerprint density at radius 2 is 1.95 bits per heavy atom. The minimum absolute atomic E-state index is 0.812. The minimum Gasteiger partial charge on any atom is -0.497 e. The molecular formula is C15H19N3O2. The number of hydrogen-bond donors (Lipinski definition) is 0. The van der Waals surface area contributed by atoms with E-state index < -0.39 is 0 Å². The van der Waals surface area contributed by atoms with Crippen LogP contribution in [0.1, 0.15) is 0 Å². The van der Waals surface area contributed by atoms with Gasteiger partial charge < -0.3 is 14.0 Å².